The van der Waals surface area contributed by atoms with Gasteiger partial charge in [0, 0.05) is 37.3 Å². The molecule has 3 nitrogen and oxygen atoms in total. The Kier molecular flexibility index (Phi) is 3.41. The second-order valence-corrected chi connectivity index (χ2v) is 6.98. The van der Waals surface area contributed by atoms with Crippen molar-refractivity contribution in [1.82, 2.24) is 9.80 Å². The summed E-state index contributed by atoms with van der Waals surface area (Å²) in [6, 6.07) is 1.48. The van der Waals surface area contributed by atoms with Crippen LogP contribution < -0.4 is 5.73 Å². The lowest BCUT2D eigenvalue weighted by atomic mass is 9.87. The molecule has 0 amide bonds. The molecule has 3 heteroatoms. The highest BCUT2D eigenvalue weighted by Crippen LogP contribution is 2.44. The Balaban J connectivity index is 1.75. The topological polar surface area (TPSA) is 32.5 Å². The van der Waals surface area contributed by atoms with Crippen LogP contribution in [0.25, 0.3) is 0 Å². The summed E-state index contributed by atoms with van der Waals surface area (Å²) in [6.45, 7) is 9.49. The lowest BCUT2D eigenvalue weighted by Gasteiger charge is -2.54. The lowest BCUT2D eigenvalue weighted by Crippen LogP contribution is -2.67. The number of nitrogens with two attached hydrogens (primary N) is 1. The maximum Gasteiger partial charge on any atom is 0.0335 e. The van der Waals surface area contributed by atoms with Crippen LogP contribution in [0.15, 0.2) is 0 Å². The Hall–Kier alpha value is -0.120. The summed E-state index contributed by atoms with van der Waals surface area (Å²) in [5, 5.41) is 0. The molecule has 18 heavy (non-hydrogen) atoms. The fourth-order valence-electron chi connectivity index (χ4n) is 4.29. The van der Waals surface area contributed by atoms with Gasteiger partial charge in [-0.05, 0) is 52.0 Å². The zero-order valence-corrected chi connectivity index (χ0v) is 12.1. The Morgan fingerprint density at radius 1 is 1.17 bits per heavy atom. The highest BCUT2D eigenvalue weighted by atomic mass is 15.3. The van der Waals surface area contributed by atoms with Crippen LogP contribution in [0, 0.1) is 5.92 Å². The summed E-state index contributed by atoms with van der Waals surface area (Å²) in [7, 11) is 0. The lowest BCUT2D eigenvalue weighted by molar-refractivity contribution is -0.0467. The molecule has 3 fully saturated rings. The zero-order chi connectivity index (χ0) is 12.8. The fraction of sp³-hybridized carbons (Fsp3) is 1.00. The first-order chi connectivity index (χ1) is 8.65. The van der Waals surface area contributed by atoms with Gasteiger partial charge in [0.05, 0.1) is 0 Å². The molecular weight excluding hydrogens is 222 g/mol. The highest BCUT2D eigenvalue weighted by molar-refractivity contribution is 5.05. The van der Waals surface area contributed by atoms with E-state index in [9.17, 15) is 0 Å². The Bertz CT molecular complexity index is 302. The molecule has 3 rings (SSSR count). The van der Waals surface area contributed by atoms with E-state index >= 15 is 0 Å². The molecule has 2 aliphatic heterocycles. The number of piperidine rings is 1. The molecular formula is C15H29N3. The van der Waals surface area contributed by atoms with Gasteiger partial charge in [-0.15, -0.1) is 0 Å². The molecule has 104 valence electrons. The predicted molar refractivity (Wildman–Crippen MR) is 75.6 cm³/mol. The van der Waals surface area contributed by atoms with Crippen LogP contribution in [-0.4, -0.2) is 53.6 Å². The molecule has 3 unspecified atom stereocenters. The van der Waals surface area contributed by atoms with Gasteiger partial charge in [0.2, 0.25) is 0 Å². The van der Waals surface area contributed by atoms with Crippen molar-refractivity contribution in [3.05, 3.63) is 0 Å². The van der Waals surface area contributed by atoms with Crippen LogP contribution in [0.4, 0.5) is 0 Å². The Morgan fingerprint density at radius 2 is 1.94 bits per heavy atom. The third-order valence-corrected chi connectivity index (χ3v) is 5.71. The van der Waals surface area contributed by atoms with Gasteiger partial charge in [-0.3, -0.25) is 9.80 Å². The molecule has 1 aliphatic carbocycles. The minimum atomic E-state index is 0.267. The van der Waals surface area contributed by atoms with Crippen molar-refractivity contribution in [3.8, 4) is 0 Å². The van der Waals surface area contributed by atoms with E-state index in [-0.39, 0.29) is 5.54 Å². The maximum absolute atomic E-state index is 6.15. The summed E-state index contributed by atoms with van der Waals surface area (Å²) < 4.78 is 0. The molecule has 1 saturated carbocycles. The van der Waals surface area contributed by atoms with E-state index in [0.29, 0.717) is 6.04 Å². The van der Waals surface area contributed by atoms with E-state index in [1.54, 1.807) is 0 Å². The molecule has 2 N–H and O–H groups in total. The van der Waals surface area contributed by atoms with E-state index in [0.717, 1.165) is 18.5 Å². The van der Waals surface area contributed by atoms with E-state index < -0.39 is 0 Å². The summed E-state index contributed by atoms with van der Waals surface area (Å²) in [4.78, 5) is 5.49. The van der Waals surface area contributed by atoms with Gasteiger partial charge in [-0.25, -0.2) is 0 Å². The first-order valence-electron chi connectivity index (χ1n) is 7.86. The second kappa shape index (κ2) is 4.77. The van der Waals surface area contributed by atoms with Crippen LogP contribution in [0.2, 0.25) is 0 Å². The third-order valence-electron chi connectivity index (χ3n) is 5.71. The van der Waals surface area contributed by atoms with E-state index in [2.05, 4.69) is 23.6 Å². The standard InChI is InChI=1S/C15H29N3/c1-12-9-17-8-4-3-5-14(17)10-18(12)15(2,11-16)13-6-7-13/h12-14H,3-11,16H2,1-2H3. The summed E-state index contributed by atoms with van der Waals surface area (Å²) in [6.07, 6.45) is 7.01. The number of piperazine rings is 1. The van der Waals surface area contributed by atoms with E-state index in [4.69, 9.17) is 5.73 Å². The molecule has 0 aromatic heterocycles. The molecule has 0 aromatic rings. The predicted octanol–water partition coefficient (Wildman–Crippen LogP) is 1.67. The summed E-state index contributed by atoms with van der Waals surface area (Å²) in [5.41, 5.74) is 6.42. The fourth-order valence-corrected chi connectivity index (χ4v) is 4.29. The van der Waals surface area contributed by atoms with E-state index in [1.807, 2.05) is 0 Å². The van der Waals surface area contributed by atoms with Gasteiger partial charge in [0.15, 0.2) is 0 Å². The van der Waals surface area contributed by atoms with Crippen LogP contribution in [0.3, 0.4) is 0 Å². The third kappa shape index (κ3) is 2.10. The van der Waals surface area contributed by atoms with Crippen LogP contribution in [0.1, 0.15) is 46.0 Å². The van der Waals surface area contributed by atoms with Gasteiger partial charge in [0.1, 0.15) is 0 Å². The van der Waals surface area contributed by atoms with Gasteiger partial charge in [0.25, 0.3) is 0 Å². The van der Waals surface area contributed by atoms with Crippen molar-refractivity contribution in [2.45, 2.75) is 63.6 Å². The molecule has 3 aliphatic rings. The van der Waals surface area contributed by atoms with Crippen molar-refractivity contribution in [2.24, 2.45) is 11.7 Å². The normalized spacial score (nSPS) is 38.2. The zero-order valence-electron chi connectivity index (χ0n) is 12.1. The molecule has 2 saturated heterocycles. The van der Waals surface area contributed by atoms with Gasteiger partial charge in [-0.2, -0.15) is 0 Å². The minimum absolute atomic E-state index is 0.267. The van der Waals surface area contributed by atoms with Crippen molar-refractivity contribution in [1.29, 1.82) is 0 Å². The monoisotopic (exact) mass is 251 g/mol. The highest BCUT2D eigenvalue weighted by Gasteiger charge is 2.48. The molecule has 0 radical (unpaired) electrons. The Morgan fingerprint density at radius 3 is 2.61 bits per heavy atom. The smallest absolute Gasteiger partial charge is 0.0335 e. The number of hydrogen-bond donors (Lipinski definition) is 1. The number of fused-ring (bicyclic) bond motifs is 1. The molecule has 0 aromatic carbocycles. The average Bonchev–Trinajstić information content (AvgIpc) is 3.21. The molecule has 0 spiro atoms. The number of nitrogens with zero attached hydrogens (tertiary/aromatic N) is 2. The number of hydrogen-bond acceptors (Lipinski definition) is 3. The van der Waals surface area contributed by atoms with Crippen molar-refractivity contribution in [3.63, 3.8) is 0 Å². The average molecular weight is 251 g/mol. The van der Waals surface area contributed by atoms with Gasteiger partial charge < -0.3 is 5.73 Å². The van der Waals surface area contributed by atoms with Gasteiger partial charge >= 0.3 is 0 Å². The van der Waals surface area contributed by atoms with Crippen LogP contribution in [0.5, 0.6) is 0 Å². The molecule has 3 atom stereocenters. The van der Waals surface area contributed by atoms with E-state index in [1.165, 1.54) is 51.7 Å². The summed E-state index contributed by atoms with van der Waals surface area (Å²) in [5.74, 6) is 0.861. The number of rotatable bonds is 3. The van der Waals surface area contributed by atoms with Gasteiger partial charge in [-0.1, -0.05) is 6.42 Å². The molecule has 0 bridgehead atoms. The SMILES string of the molecule is CC1CN2CCCCC2CN1C(C)(CN)C1CC1. The second-order valence-electron chi connectivity index (χ2n) is 6.98. The quantitative estimate of drug-likeness (QED) is 0.828. The molecule has 2 heterocycles. The van der Waals surface area contributed by atoms with Crippen LogP contribution in [-0.2, 0) is 0 Å². The van der Waals surface area contributed by atoms with Crippen molar-refractivity contribution < 1.29 is 0 Å². The first-order valence-corrected chi connectivity index (χ1v) is 7.86. The minimum Gasteiger partial charge on any atom is -0.329 e. The van der Waals surface area contributed by atoms with Crippen LogP contribution >= 0.6 is 0 Å². The maximum atomic E-state index is 6.15. The Labute approximate surface area is 112 Å². The summed E-state index contributed by atoms with van der Waals surface area (Å²) >= 11 is 0. The van der Waals surface area contributed by atoms with Crippen molar-refractivity contribution in [2.75, 3.05) is 26.2 Å². The largest absolute Gasteiger partial charge is 0.329 e. The first kappa shape index (κ1) is 12.9. The van der Waals surface area contributed by atoms with Crippen molar-refractivity contribution >= 4 is 0 Å².